The number of nitrogens with zero attached hydrogens (tertiary/aromatic N) is 3. The van der Waals surface area contributed by atoms with Crippen molar-refractivity contribution < 1.29 is 0 Å². The summed E-state index contributed by atoms with van der Waals surface area (Å²) in [6.45, 7) is 8.40. The van der Waals surface area contributed by atoms with Gasteiger partial charge < -0.3 is 4.57 Å². The molecule has 0 N–H and O–H groups in total. The summed E-state index contributed by atoms with van der Waals surface area (Å²) in [4.78, 5) is 5.47. The lowest BCUT2D eigenvalue weighted by Gasteiger charge is -2.12. The van der Waals surface area contributed by atoms with Gasteiger partial charge in [0.05, 0.1) is 27.8 Å². The number of hydrogen-bond donors (Lipinski definition) is 0. The van der Waals surface area contributed by atoms with Crippen LogP contribution in [0.25, 0.3) is 85.9 Å². The zero-order valence-corrected chi connectivity index (χ0v) is 34.0. The molecule has 0 aliphatic rings. The second-order valence-electron chi connectivity index (χ2n) is 14.8. The number of aromatic nitrogens is 2. The predicted molar refractivity (Wildman–Crippen MR) is 253 cm³/mol. The molecule has 58 heavy (non-hydrogen) atoms. The van der Waals surface area contributed by atoms with Crippen LogP contribution in [0.5, 0.6) is 0 Å². The highest BCUT2D eigenvalue weighted by Gasteiger charge is 2.22. The third-order valence-corrected chi connectivity index (χ3v) is 12.6. The van der Waals surface area contributed by atoms with Crippen LogP contribution in [0.4, 0.5) is 0 Å². The van der Waals surface area contributed by atoms with Crippen LogP contribution in [-0.2, 0) is 0 Å². The Kier molecular flexibility index (Phi) is 9.00. The van der Waals surface area contributed by atoms with E-state index in [9.17, 15) is 0 Å². The van der Waals surface area contributed by atoms with Crippen LogP contribution in [0.1, 0.15) is 44.7 Å². The summed E-state index contributed by atoms with van der Waals surface area (Å²) < 4.78 is 7.42. The van der Waals surface area contributed by atoms with Gasteiger partial charge in [0.15, 0.2) is 0 Å². The van der Waals surface area contributed by atoms with E-state index in [1.54, 1.807) is 0 Å². The summed E-state index contributed by atoms with van der Waals surface area (Å²) in [5.41, 5.74) is 9.27. The van der Waals surface area contributed by atoms with E-state index in [1.165, 1.54) is 80.3 Å². The van der Waals surface area contributed by atoms with Crippen LogP contribution < -0.4 is 0 Å². The van der Waals surface area contributed by atoms with Gasteiger partial charge in [0.25, 0.3) is 0 Å². The molecule has 3 nitrogen and oxygen atoms in total. The lowest BCUT2D eigenvalue weighted by atomic mass is 9.98. The zero-order valence-electron chi connectivity index (χ0n) is 33.1. The van der Waals surface area contributed by atoms with E-state index in [2.05, 4.69) is 205 Å². The van der Waals surface area contributed by atoms with E-state index >= 15 is 0 Å². The number of para-hydroxylation sites is 2. The Morgan fingerprint density at radius 2 is 1.10 bits per heavy atom. The lowest BCUT2D eigenvalue weighted by molar-refractivity contribution is 0.966. The molecule has 0 saturated carbocycles. The summed E-state index contributed by atoms with van der Waals surface area (Å²) >= 11 is 1.89. The van der Waals surface area contributed by atoms with Crippen molar-refractivity contribution in [1.82, 2.24) is 9.13 Å². The molecule has 0 radical (unpaired) electrons. The summed E-state index contributed by atoms with van der Waals surface area (Å²) in [6, 6.07) is 63.7. The fourth-order valence-electron chi connectivity index (χ4n) is 8.93. The monoisotopic (exact) mass is 765 g/mol. The van der Waals surface area contributed by atoms with E-state index in [0.717, 1.165) is 22.6 Å². The molecule has 8 aromatic carbocycles. The van der Waals surface area contributed by atoms with Gasteiger partial charge in [0, 0.05) is 53.3 Å². The molecule has 0 saturated heterocycles. The Balaban J connectivity index is 0.00000201. The molecule has 1 unspecified atom stereocenters. The average Bonchev–Trinajstić information content (AvgIpc) is 3.94. The molecule has 4 heteroatoms. The number of fused-ring (bicyclic) bond motifs is 12. The quantitative estimate of drug-likeness (QED) is 0.123. The van der Waals surface area contributed by atoms with Crippen molar-refractivity contribution in [3.05, 3.63) is 193 Å². The van der Waals surface area contributed by atoms with E-state index in [0.29, 0.717) is 0 Å². The second kappa shape index (κ2) is 14.6. The Morgan fingerprint density at radius 3 is 1.83 bits per heavy atom. The normalized spacial score (nSPS) is 13.0. The molecule has 1 atom stereocenters. The highest BCUT2D eigenvalue weighted by Crippen LogP contribution is 2.47. The van der Waals surface area contributed by atoms with Crippen LogP contribution in [0.15, 0.2) is 187 Å². The van der Waals surface area contributed by atoms with E-state index in [1.807, 2.05) is 25.2 Å². The van der Waals surface area contributed by atoms with Gasteiger partial charge >= 0.3 is 0 Å². The summed E-state index contributed by atoms with van der Waals surface area (Å²) in [5.74, 6) is 1.13. The minimum absolute atomic E-state index is 0.192. The predicted octanol–water partition coefficient (Wildman–Crippen LogP) is 15.6. The number of allylic oxidation sites excluding steroid dienone is 1. The molecular formula is C54H43N3S. The van der Waals surface area contributed by atoms with E-state index in [-0.39, 0.29) is 5.92 Å². The standard InChI is InChI=1S/C52H37N3S.C2H6/c1-33(35-15-5-3-6-16-35)31-42(37-18-7-4-8-19-37)53-34(2)54-43-23-13-11-21-40(43)49-45(54)27-29-47-51(49)52-48(56-47)30-28-46-50(52)41-22-12-14-24-44(41)55(46)39-26-25-36-17-9-10-20-38(36)32-39;1-2/h3-33H,1-2H3;1-2H3/b42-31-,53-34?;. The number of benzene rings is 8. The van der Waals surface area contributed by atoms with Crippen LogP contribution >= 0.6 is 11.3 Å². The van der Waals surface area contributed by atoms with Gasteiger partial charge in [0.2, 0.25) is 0 Å². The lowest BCUT2D eigenvalue weighted by Crippen LogP contribution is -2.07. The summed E-state index contributed by atoms with van der Waals surface area (Å²) in [7, 11) is 0. The Labute approximate surface area is 342 Å². The van der Waals surface area contributed by atoms with Crippen LogP contribution in [-0.4, -0.2) is 15.0 Å². The molecule has 0 amide bonds. The van der Waals surface area contributed by atoms with Crippen molar-refractivity contribution in [2.45, 2.75) is 33.6 Å². The molecule has 0 aliphatic carbocycles. The molecular weight excluding hydrogens is 723 g/mol. The Bertz CT molecular complexity index is 3380. The minimum Gasteiger partial charge on any atom is -0.309 e. The summed E-state index contributed by atoms with van der Waals surface area (Å²) in [6.07, 6.45) is 2.30. The summed E-state index contributed by atoms with van der Waals surface area (Å²) in [5, 5.41) is 10.2. The average molecular weight is 766 g/mol. The molecule has 3 aromatic heterocycles. The van der Waals surface area contributed by atoms with Gasteiger partial charge in [-0.3, -0.25) is 4.57 Å². The third kappa shape index (κ3) is 5.75. The van der Waals surface area contributed by atoms with Gasteiger partial charge in [-0.05, 0) is 77.4 Å². The topological polar surface area (TPSA) is 22.2 Å². The number of hydrogen-bond acceptors (Lipinski definition) is 2. The number of aliphatic imine (C=N–C) groups is 1. The van der Waals surface area contributed by atoms with Crippen molar-refractivity contribution in [3.8, 4) is 5.69 Å². The van der Waals surface area contributed by atoms with Gasteiger partial charge in [-0.25, -0.2) is 4.99 Å². The van der Waals surface area contributed by atoms with Crippen molar-refractivity contribution in [2.75, 3.05) is 0 Å². The first-order chi connectivity index (χ1) is 28.6. The third-order valence-electron chi connectivity index (χ3n) is 11.5. The molecule has 11 rings (SSSR count). The zero-order chi connectivity index (χ0) is 39.3. The van der Waals surface area contributed by atoms with Gasteiger partial charge in [-0.1, -0.05) is 154 Å². The first kappa shape index (κ1) is 35.6. The maximum atomic E-state index is 5.47. The molecule has 3 heterocycles. The largest absolute Gasteiger partial charge is 0.309 e. The van der Waals surface area contributed by atoms with E-state index < -0.39 is 0 Å². The van der Waals surface area contributed by atoms with Gasteiger partial charge in [0.1, 0.15) is 5.84 Å². The van der Waals surface area contributed by atoms with Crippen molar-refractivity contribution >= 4 is 97.4 Å². The first-order valence-corrected chi connectivity index (χ1v) is 21.1. The fraction of sp³-hybridized carbons (Fsp3) is 0.0926. The van der Waals surface area contributed by atoms with Crippen molar-refractivity contribution in [2.24, 2.45) is 4.99 Å². The van der Waals surface area contributed by atoms with Gasteiger partial charge in [-0.15, -0.1) is 11.3 Å². The second-order valence-corrected chi connectivity index (χ2v) is 15.9. The van der Waals surface area contributed by atoms with Gasteiger partial charge in [-0.2, -0.15) is 0 Å². The maximum absolute atomic E-state index is 5.47. The molecule has 0 spiro atoms. The molecule has 0 aliphatic heterocycles. The van der Waals surface area contributed by atoms with Crippen LogP contribution in [0.2, 0.25) is 0 Å². The molecule has 0 bridgehead atoms. The molecule has 0 fully saturated rings. The van der Waals surface area contributed by atoms with Crippen molar-refractivity contribution in [1.29, 1.82) is 0 Å². The first-order valence-electron chi connectivity index (χ1n) is 20.3. The Hall–Kier alpha value is -6.75. The van der Waals surface area contributed by atoms with Crippen LogP contribution in [0, 0.1) is 0 Å². The smallest absolute Gasteiger partial charge is 0.111 e. The Morgan fingerprint density at radius 1 is 0.534 bits per heavy atom. The highest BCUT2D eigenvalue weighted by molar-refractivity contribution is 7.26. The van der Waals surface area contributed by atoms with Crippen LogP contribution in [0.3, 0.4) is 0 Å². The minimum atomic E-state index is 0.192. The number of thiophene rings is 1. The van der Waals surface area contributed by atoms with Crippen molar-refractivity contribution in [3.63, 3.8) is 0 Å². The maximum Gasteiger partial charge on any atom is 0.111 e. The number of rotatable bonds is 5. The molecule has 280 valence electrons. The van der Waals surface area contributed by atoms with E-state index in [4.69, 9.17) is 4.99 Å². The highest BCUT2D eigenvalue weighted by atomic mass is 32.1. The molecule has 11 aromatic rings. The fourth-order valence-corrected chi connectivity index (χ4v) is 10.1. The SMILES string of the molecule is CC.CC(=N/C(=C\C(C)c1ccccc1)c1ccccc1)n1c2ccccc2c2c3c(ccc21)sc1ccc2c(c4ccccc4n2-c2ccc4ccccc4c2)c13.